The number of benzene rings is 1. The van der Waals surface area contributed by atoms with Crippen molar-refractivity contribution in [2.75, 3.05) is 19.6 Å². The highest BCUT2D eigenvalue weighted by molar-refractivity contribution is 5.21. The summed E-state index contributed by atoms with van der Waals surface area (Å²) in [7, 11) is 0. The Hall–Kier alpha value is -1.37. The van der Waals surface area contributed by atoms with Crippen LogP contribution in [0.4, 0.5) is 0 Å². The standard InChI is InChI=1S/C14H19N3/c1-14(16,10-15)11-17-8-7-13(9-17)12-5-3-2-4-6-12/h2-6,13H,7-9,11,16H2,1H3. The van der Waals surface area contributed by atoms with Crippen LogP contribution in [0.25, 0.3) is 0 Å². The van der Waals surface area contributed by atoms with E-state index >= 15 is 0 Å². The van der Waals surface area contributed by atoms with Crippen molar-refractivity contribution in [1.82, 2.24) is 4.90 Å². The third kappa shape index (κ3) is 3.06. The van der Waals surface area contributed by atoms with Crippen molar-refractivity contribution < 1.29 is 0 Å². The Morgan fingerprint density at radius 3 is 2.82 bits per heavy atom. The Bertz CT molecular complexity index is 405. The predicted molar refractivity (Wildman–Crippen MR) is 68.4 cm³/mol. The molecule has 0 radical (unpaired) electrons. The fraction of sp³-hybridized carbons (Fsp3) is 0.500. The molecule has 2 atom stereocenters. The summed E-state index contributed by atoms with van der Waals surface area (Å²) in [5.74, 6) is 0.589. The quantitative estimate of drug-likeness (QED) is 0.858. The number of hydrogen-bond acceptors (Lipinski definition) is 3. The van der Waals surface area contributed by atoms with Gasteiger partial charge in [0.25, 0.3) is 0 Å². The van der Waals surface area contributed by atoms with E-state index in [4.69, 9.17) is 11.0 Å². The Kier molecular flexibility index (Phi) is 3.46. The van der Waals surface area contributed by atoms with E-state index in [1.807, 2.05) is 6.07 Å². The second-order valence-corrected chi connectivity index (χ2v) is 5.16. The van der Waals surface area contributed by atoms with Crippen molar-refractivity contribution in [3.05, 3.63) is 35.9 Å². The van der Waals surface area contributed by atoms with Gasteiger partial charge in [0.2, 0.25) is 0 Å². The number of nitrogens with two attached hydrogens (primary N) is 1. The highest BCUT2D eigenvalue weighted by Gasteiger charge is 2.28. The van der Waals surface area contributed by atoms with Crippen LogP contribution in [0.15, 0.2) is 30.3 Å². The van der Waals surface area contributed by atoms with Gasteiger partial charge in [-0.05, 0) is 31.4 Å². The number of nitriles is 1. The van der Waals surface area contributed by atoms with Crippen molar-refractivity contribution in [3.63, 3.8) is 0 Å². The first-order valence-corrected chi connectivity index (χ1v) is 6.08. The van der Waals surface area contributed by atoms with Crippen LogP contribution >= 0.6 is 0 Å². The Labute approximate surface area is 103 Å². The van der Waals surface area contributed by atoms with Crippen LogP contribution < -0.4 is 5.73 Å². The summed E-state index contributed by atoms with van der Waals surface area (Å²) in [6.45, 7) is 4.50. The molecule has 2 unspecified atom stereocenters. The van der Waals surface area contributed by atoms with Crippen LogP contribution in [-0.2, 0) is 0 Å². The van der Waals surface area contributed by atoms with Gasteiger partial charge in [-0.15, -0.1) is 0 Å². The maximum absolute atomic E-state index is 8.94. The van der Waals surface area contributed by atoms with Gasteiger partial charge in [0, 0.05) is 13.1 Å². The van der Waals surface area contributed by atoms with Crippen molar-refractivity contribution >= 4 is 0 Å². The van der Waals surface area contributed by atoms with Gasteiger partial charge in [-0.2, -0.15) is 5.26 Å². The first-order valence-electron chi connectivity index (χ1n) is 6.08. The average Bonchev–Trinajstić information content (AvgIpc) is 2.78. The van der Waals surface area contributed by atoms with E-state index in [1.54, 1.807) is 6.92 Å². The van der Waals surface area contributed by atoms with Crippen LogP contribution in [0, 0.1) is 11.3 Å². The van der Waals surface area contributed by atoms with E-state index in [2.05, 4.69) is 35.2 Å². The van der Waals surface area contributed by atoms with E-state index in [9.17, 15) is 0 Å². The summed E-state index contributed by atoms with van der Waals surface area (Å²) in [5.41, 5.74) is 6.54. The molecule has 1 heterocycles. The van der Waals surface area contributed by atoms with Gasteiger partial charge in [0.15, 0.2) is 0 Å². The van der Waals surface area contributed by atoms with Gasteiger partial charge in [0.1, 0.15) is 5.54 Å². The minimum atomic E-state index is -0.731. The van der Waals surface area contributed by atoms with Crippen molar-refractivity contribution in [2.24, 2.45) is 5.73 Å². The van der Waals surface area contributed by atoms with Gasteiger partial charge in [-0.25, -0.2) is 0 Å². The van der Waals surface area contributed by atoms with Gasteiger partial charge in [0.05, 0.1) is 6.07 Å². The molecular formula is C14H19N3. The minimum absolute atomic E-state index is 0.589. The van der Waals surface area contributed by atoms with Crippen LogP contribution in [0.5, 0.6) is 0 Å². The van der Waals surface area contributed by atoms with Gasteiger partial charge >= 0.3 is 0 Å². The van der Waals surface area contributed by atoms with E-state index in [1.165, 1.54) is 5.56 Å². The Morgan fingerprint density at radius 2 is 2.18 bits per heavy atom. The molecule has 2 N–H and O–H groups in total. The van der Waals surface area contributed by atoms with Crippen LogP contribution in [0.3, 0.4) is 0 Å². The lowest BCUT2D eigenvalue weighted by molar-refractivity contribution is 0.289. The molecule has 0 aromatic heterocycles. The Balaban J connectivity index is 1.95. The molecule has 90 valence electrons. The molecule has 0 saturated carbocycles. The normalized spacial score (nSPS) is 24.2. The van der Waals surface area contributed by atoms with E-state index in [0.717, 1.165) is 19.5 Å². The minimum Gasteiger partial charge on any atom is -0.313 e. The molecule has 1 aromatic carbocycles. The number of nitrogens with zero attached hydrogens (tertiary/aromatic N) is 2. The highest BCUT2D eigenvalue weighted by atomic mass is 15.2. The number of rotatable bonds is 3. The molecular weight excluding hydrogens is 210 g/mol. The summed E-state index contributed by atoms with van der Waals surface area (Å²) < 4.78 is 0. The molecule has 0 amide bonds. The summed E-state index contributed by atoms with van der Waals surface area (Å²) in [6.07, 6.45) is 1.16. The lowest BCUT2D eigenvalue weighted by atomic mass is 9.99. The topological polar surface area (TPSA) is 53.1 Å². The summed E-state index contributed by atoms with van der Waals surface area (Å²) in [6, 6.07) is 12.7. The number of likely N-dealkylation sites (tertiary alicyclic amines) is 1. The van der Waals surface area contributed by atoms with Gasteiger partial charge < -0.3 is 5.73 Å². The van der Waals surface area contributed by atoms with Crippen molar-refractivity contribution in [3.8, 4) is 6.07 Å². The third-order valence-corrected chi connectivity index (χ3v) is 3.35. The second-order valence-electron chi connectivity index (χ2n) is 5.16. The number of hydrogen-bond donors (Lipinski definition) is 1. The van der Waals surface area contributed by atoms with Gasteiger partial charge in [-0.3, -0.25) is 4.90 Å². The van der Waals surface area contributed by atoms with Crippen LogP contribution in [0.2, 0.25) is 0 Å². The molecule has 1 aliphatic rings. The zero-order chi connectivity index (χ0) is 12.3. The summed E-state index contributed by atoms with van der Waals surface area (Å²) in [5, 5.41) is 8.94. The molecule has 2 rings (SSSR count). The zero-order valence-corrected chi connectivity index (χ0v) is 10.3. The Morgan fingerprint density at radius 1 is 1.47 bits per heavy atom. The monoisotopic (exact) mass is 229 g/mol. The van der Waals surface area contributed by atoms with Crippen molar-refractivity contribution in [2.45, 2.75) is 24.8 Å². The van der Waals surface area contributed by atoms with E-state index in [-0.39, 0.29) is 0 Å². The molecule has 1 fully saturated rings. The molecule has 1 aromatic rings. The van der Waals surface area contributed by atoms with Crippen LogP contribution in [-0.4, -0.2) is 30.1 Å². The lowest BCUT2D eigenvalue weighted by Gasteiger charge is -2.23. The maximum Gasteiger partial charge on any atom is 0.114 e. The fourth-order valence-corrected chi connectivity index (χ4v) is 2.47. The molecule has 1 aliphatic heterocycles. The summed E-state index contributed by atoms with van der Waals surface area (Å²) >= 11 is 0. The first-order chi connectivity index (χ1) is 8.11. The largest absolute Gasteiger partial charge is 0.313 e. The van der Waals surface area contributed by atoms with Crippen molar-refractivity contribution in [1.29, 1.82) is 5.26 Å². The van der Waals surface area contributed by atoms with Gasteiger partial charge in [-0.1, -0.05) is 30.3 Å². The average molecular weight is 229 g/mol. The molecule has 0 aliphatic carbocycles. The predicted octanol–water partition coefficient (Wildman–Crippen LogP) is 1.72. The first kappa shape index (κ1) is 12.1. The molecule has 1 saturated heterocycles. The zero-order valence-electron chi connectivity index (χ0n) is 10.3. The molecule has 3 heteroatoms. The lowest BCUT2D eigenvalue weighted by Crippen LogP contribution is -2.45. The van der Waals surface area contributed by atoms with E-state index < -0.39 is 5.54 Å². The maximum atomic E-state index is 8.94. The smallest absolute Gasteiger partial charge is 0.114 e. The summed E-state index contributed by atoms with van der Waals surface area (Å²) in [4.78, 5) is 2.29. The fourth-order valence-electron chi connectivity index (χ4n) is 2.47. The SMILES string of the molecule is CC(N)(C#N)CN1CCC(c2ccccc2)C1. The second kappa shape index (κ2) is 4.87. The molecule has 17 heavy (non-hydrogen) atoms. The molecule has 3 nitrogen and oxygen atoms in total. The third-order valence-electron chi connectivity index (χ3n) is 3.35. The molecule has 0 bridgehead atoms. The highest BCUT2D eigenvalue weighted by Crippen LogP contribution is 2.27. The van der Waals surface area contributed by atoms with E-state index in [0.29, 0.717) is 12.5 Å². The molecule has 0 spiro atoms. The van der Waals surface area contributed by atoms with Crippen LogP contribution in [0.1, 0.15) is 24.8 Å².